The first-order valence-corrected chi connectivity index (χ1v) is 9.21. The average Bonchev–Trinajstić information content (AvgIpc) is 2.66. The van der Waals surface area contributed by atoms with Gasteiger partial charge in [-0.25, -0.2) is 0 Å². The van der Waals surface area contributed by atoms with Crippen LogP contribution in [-0.2, 0) is 22.4 Å². The van der Waals surface area contributed by atoms with Crippen LogP contribution in [-0.4, -0.2) is 36.9 Å². The number of methoxy groups -OCH3 is 1. The van der Waals surface area contributed by atoms with E-state index in [0.717, 1.165) is 34.5 Å². The van der Waals surface area contributed by atoms with Crippen molar-refractivity contribution in [3.05, 3.63) is 59.2 Å². The Labute approximate surface area is 161 Å². The number of carbonyl (C=O) groups excluding carboxylic acids is 2. The highest BCUT2D eigenvalue weighted by Gasteiger charge is 2.15. The number of ether oxygens (including phenoxy) is 1. The van der Waals surface area contributed by atoms with Crippen LogP contribution in [0, 0.1) is 6.92 Å². The van der Waals surface area contributed by atoms with Crippen LogP contribution in [0.4, 0.5) is 5.69 Å². The summed E-state index contributed by atoms with van der Waals surface area (Å²) < 4.78 is 5.23. The number of nitrogens with zero attached hydrogens (tertiary/aromatic N) is 1. The molecule has 0 aliphatic carbocycles. The number of amides is 2. The predicted molar refractivity (Wildman–Crippen MR) is 108 cm³/mol. The Morgan fingerprint density at radius 2 is 1.89 bits per heavy atom. The van der Waals surface area contributed by atoms with Gasteiger partial charge in [0, 0.05) is 19.2 Å². The average molecular weight is 368 g/mol. The monoisotopic (exact) mass is 368 g/mol. The van der Waals surface area contributed by atoms with Gasteiger partial charge in [0.25, 0.3) is 0 Å². The first kappa shape index (κ1) is 20.5. The van der Waals surface area contributed by atoms with Crippen LogP contribution in [0.5, 0.6) is 5.75 Å². The Hall–Kier alpha value is -2.82. The summed E-state index contributed by atoms with van der Waals surface area (Å²) in [6.45, 7) is 6.03. The molecule has 0 bridgehead atoms. The van der Waals surface area contributed by atoms with Gasteiger partial charge in [0.15, 0.2) is 0 Å². The third-order valence-corrected chi connectivity index (χ3v) is 4.59. The lowest BCUT2D eigenvalue weighted by Gasteiger charge is -2.21. The van der Waals surface area contributed by atoms with Gasteiger partial charge in [0.1, 0.15) is 5.75 Å². The van der Waals surface area contributed by atoms with Crippen LogP contribution in [0.15, 0.2) is 42.5 Å². The molecule has 1 N–H and O–H groups in total. The quantitative estimate of drug-likeness (QED) is 0.775. The van der Waals surface area contributed by atoms with E-state index in [-0.39, 0.29) is 18.4 Å². The summed E-state index contributed by atoms with van der Waals surface area (Å²) in [5, 5.41) is 2.98. The lowest BCUT2D eigenvalue weighted by Crippen LogP contribution is -2.38. The van der Waals surface area contributed by atoms with Gasteiger partial charge in [-0.2, -0.15) is 0 Å². The molecule has 0 radical (unpaired) electrons. The number of hydrogen-bond acceptors (Lipinski definition) is 3. The molecule has 0 fully saturated rings. The van der Waals surface area contributed by atoms with Crippen molar-refractivity contribution in [3.8, 4) is 5.75 Å². The number of para-hydroxylation sites is 1. The largest absolute Gasteiger partial charge is 0.497 e. The second-order valence-electron chi connectivity index (χ2n) is 6.55. The van der Waals surface area contributed by atoms with Gasteiger partial charge in [0.2, 0.25) is 11.8 Å². The minimum absolute atomic E-state index is 0.0385. The highest BCUT2D eigenvalue weighted by molar-refractivity contribution is 5.95. The molecule has 0 aromatic heterocycles. The summed E-state index contributed by atoms with van der Waals surface area (Å²) in [6, 6.07) is 13.7. The zero-order valence-electron chi connectivity index (χ0n) is 16.5. The molecule has 0 atom stereocenters. The standard InChI is InChI=1S/C22H28N2O3/c1-5-19-10-6-8-16(2)22(19)23-21(26)15-24(17(3)25)13-12-18-9-7-11-20(14-18)27-4/h6-11,14H,5,12-13,15H2,1-4H3,(H,23,26). The Kier molecular flexibility index (Phi) is 7.41. The molecule has 0 unspecified atom stereocenters. The molecule has 2 rings (SSSR count). The van der Waals surface area contributed by atoms with E-state index in [2.05, 4.69) is 12.2 Å². The fraction of sp³-hybridized carbons (Fsp3) is 0.364. The van der Waals surface area contributed by atoms with Gasteiger partial charge >= 0.3 is 0 Å². The molecule has 0 heterocycles. The molecule has 144 valence electrons. The topological polar surface area (TPSA) is 58.6 Å². The van der Waals surface area contributed by atoms with E-state index in [1.54, 1.807) is 12.0 Å². The second-order valence-corrected chi connectivity index (χ2v) is 6.55. The van der Waals surface area contributed by atoms with Crippen LogP contribution < -0.4 is 10.1 Å². The fourth-order valence-corrected chi connectivity index (χ4v) is 2.99. The van der Waals surface area contributed by atoms with E-state index in [1.807, 2.05) is 49.4 Å². The first-order valence-electron chi connectivity index (χ1n) is 9.21. The van der Waals surface area contributed by atoms with Gasteiger partial charge in [-0.05, 0) is 48.6 Å². The highest BCUT2D eigenvalue weighted by Crippen LogP contribution is 2.21. The van der Waals surface area contributed by atoms with Gasteiger partial charge in [-0.1, -0.05) is 37.3 Å². The van der Waals surface area contributed by atoms with Crippen LogP contribution in [0.25, 0.3) is 0 Å². The second kappa shape index (κ2) is 9.76. The lowest BCUT2D eigenvalue weighted by atomic mass is 10.1. The Bertz CT molecular complexity index is 802. The summed E-state index contributed by atoms with van der Waals surface area (Å²) in [4.78, 5) is 26.1. The maximum absolute atomic E-state index is 12.5. The van der Waals surface area contributed by atoms with Crippen molar-refractivity contribution in [2.45, 2.75) is 33.6 Å². The fourth-order valence-electron chi connectivity index (χ4n) is 2.99. The number of benzene rings is 2. The Morgan fingerprint density at radius 3 is 2.56 bits per heavy atom. The van der Waals surface area contributed by atoms with E-state index in [4.69, 9.17) is 4.74 Å². The predicted octanol–water partition coefficient (Wildman–Crippen LogP) is 3.60. The summed E-state index contributed by atoms with van der Waals surface area (Å²) in [5.41, 5.74) is 4.03. The number of carbonyl (C=O) groups is 2. The molecule has 5 nitrogen and oxygen atoms in total. The summed E-state index contributed by atoms with van der Waals surface area (Å²) in [6.07, 6.45) is 1.50. The molecule has 2 aromatic carbocycles. The Morgan fingerprint density at radius 1 is 1.15 bits per heavy atom. The van der Waals surface area contributed by atoms with E-state index in [9.17, 15) is 9.59 Å². The minimum Gasteiger partial charge on any atom is -0.497 e. The molecule has 0 saturated heterocycles. The molecular weight excluding hydrogens is 340 g/mol. The zero-order chi connectivity index (χ0) is 19.8. The smallest absolute Gasteiger partial charge is 0.244 e. The summed E-state index contributed by atoms with van der Waals surface area (Å²) >= 11 is 0. The molecule has 0 spiro atoms. The van der Waals surface area contributed by atoms with Crippen molar-refractivity contribution >= 4 is 17.5 Å². The third-order valence-electron chi connectivity index (χ3n) is 4.59. The maximum Gasteiger partial charge on any atom is 0.244 e. The number of rotatable bonds is 8. The SMILES string of the molecule is CCc1cccc(C)c1NC(=O)CN(CCc1cccc(OC)c1)C(C)=O. The van der Waals surface area contributed by atoms with Gasteiger partial charge in [0.05, 0.1) is 13.7 Å². The zero-order valence-corrected chi connectivity index (χ0v) is 16.5. The normalized spacial score (nSPS) is 10.4. The molecule has 0 saturated carbocycles. The molecule has 2 aromatic rings. The maximum atomic E-state index is 12.5. The number of anilines is 1. The molecular formula is C22H28N2O3. The highest BCUT2D eigenvalue weighted by atomic mass is 16.5. The molecule has 2 amide bonds. The Balaban J connectivity index is 2.01. The minimum atomic E-state index is -0.181. The van der Waals surface area contributed by atoms with E-state index in [1.165, 1.54) is 6.92 Å². The number of nitrogens with one attached hydrogen (secondary N) is 1. The van der Waals surface area contributed by atoms with Crippen molar-refractivity contribution < 1.29 is 14.3 Å². The van der Waals surface area contributed by atoms with Crippen molar-refractivity contribution in [2.24, 2.45) is 0 Å². The molecule has 27 heavy (non-hydrogen) atoms. The first-order chi connectivity index (χ1) is 12.9. The van der Waals surface area contributed by atoms with Gasteiger partial charge < -0.3 is 15.0 Å². The van der Waals surface area contributed by atoms with Crippen LogP contribution in [0.3, 0.4) is 0 Å². The molecule has 0 aliphatic heterocycles. The summed E-state index contributed by atoms with van der Waals surface area (Å²) in [5.74, 6) is 0.486. The van der Waals surface area contributed by atoms with Crippen molar-refractivity contribution in [3.63, 3.8) is 0 Å². The molecule has 0 aliphatic rings. The molecule has 5 heteroatoms. The van der Waals surface area contributed by atoms with Crippen LogP contribution >= 0.6 is 0 Å². The van der Waals surface area contributed by atoms with Gasteiger partial charge in [-0.3, -0.25) is 9.59 Å². The van der Waals surface area contributed by atoms with Crippen molar-refractivity contribution in [2.75, 3.05) is 25.5 Å². The van der Waals surface area contributed by atoms with Crippen LogP contribution in [0.1, 0.15) is 30.5 Å². The van der Waals surface area contributed by atoms with E-state index < -0.39 is 0 Å². The summed E-state index contributed by atoms with van der Waals surface area (Å²) in [7, 11) is 1.63. The number of aryl methyl sites for hydroxylation is 2. The van der Waals surface area contributed by atoms with Gasteiger partial charge in [-0.15, -0.1) is 0 Å². The van der Waals surface area contributed by atoms with E-state index >= 15 is 0 Å². The van der Waals surface area contributed by atoms with Crippen molar-refractivity contribution in [1.82, 2.24) is 4.90 Å². The van der Waals surface area contributed by atoms with Crippen molar-refractivity contribution in [1.29, 1.82) is 0 Å². The number of hydrogen-bond donors (Lipinski definition) is 1. The van der Waals surface area contributed by atoms with Crippen LogP contribution in [0.2, 0.25) is 0 Å². The third kappa shape index (κ3) is 5.84. The van der Waals surface area contributed by atoms with E-state index in [0.29, 0.717) is 13.0 Å². The lowest BCUT2D eigenvalue weighted by molar-refractivity contribution is -0.132.